The van der Waals surface area contributed by atoms with Crippen molar-refractivity contribution < 1.29 is 14.4 Å². The molecular weight excluding hydrogens is 240 g/mol. The molecule has 0 atom stereocenters. The Morgan fingerprint density at radius 1 is 1.41 bits per heavy atom. The second-order valence-corrected chi connectivity index (χ2v) is 4.40. The van der Waals surface area contributed by atoms with Crippen molar-refractivity contribution in [1.82, 2.24) is 10.1 Å². The maximum atomic E-state index is 10.7. The Balaban J connectivity index is 1.97. The van der Waals surface area contributed by atoms with Gasteiger partial charge >= 0.3 is 5.97 Å². The summed E-state index contributed by atoms with van der Waals surface area (Å²) in [5.74, 6) is 0.857. The number of aromatic carboxylic acids is 1. The Kier molecular flexibility index (Phi) is 3.43. The third-order valence-corrected chi connectivity index (χ3v) is 3.05. The molecule has 17 heavy (non-hydrogen) atoms. The van der Waals surface area contributed by atoms with E-state index in [1.165, 1.54) is 11.8 Å². The Morgan fingerprint density at radius 3 is 2.65 bits per heavy atom. The fraction of sp³-hybridized carbons (Fsp3) is 0.182. The number of nitrogens with zero attached hydrogens (tertiary/aromatic N) is 2. The maximum absolute atomic E-state index is 10.7. The lowest BCUT2D eigenvalue weighted by atomic mass is 10.2. The minimum atomic E-state index is -0.921. The molecule has 0 aliphatic carbocycles. The largest absolute Gasteiger partial charge is 0.478 e. The SMILES string of the molecule is Cc1nc(CSc2ccc(C(=O)O)cc2)no1. The van der Waals surface area contributed by atoms with Crippen LogP contribution in [0.5, 0.6) is 0 Å². The normalized spacial score (nSPS) is 10.4. The molecule has 1 aromatic heterocycles. The van der Waals surface area contributed by atoms with Crippen molar-refractivity contribution in [1.29, 1.82) is 0 Å². The monoisotopic (exact) mass is 250 g/mol. The molecule has 6 heteroatoms. The predicted octanol–water partition coefficient (Wildman–Crippen LogP) is 2.37. The molecule has 5 nitrogen and oxygen atoms in total. The van der Waals surface area contributed by atoms with E-state index in [1.807, 2.05) is 0 Å². The van der Waals surface area contributed by atoms with E-state index in [1.54, 1.807) is 31.2 Å². The van der Waals surface area contributed by atoms with Crippen LogP contribution in [0, 0.1) is 6.92 Å². The third kappa shape index (κ3) is 3.07. The number of thioether (sulfide) groups is 1. The van der Waals surface area contributed by atoms with Gasteiger partial charge in [-0.05, 0) is 24.3 Å². The van der Waals surface area contributed by atoms with Crippen LogP contribution >= 0.6 is 11.8 Å². The zero-order valence-corrected chi connectivity index (χ0v) is 9.90. The summed E-state index contributed by atoms with van der Waals surface area (Å²) in [6.45, 7) is 1.74. The molecule has 2 rings (SSSR count). The summed E-state index contributed by atoms with van der Waals surface area (Å²) in [5, 5.41) is 12.5. The first kappa shape index (κ1) is 11.7. The molecule has 88 valence electrons. The van der Waals surface area contributed by atoms with Crippen molar-refractivity contribution in [2.75, 3.05) is 0 Å². The van der Waals surface area contributed by atoms with Crippen molar-refractivity contribution in [3.63, 3.8) is 0 Å². The van der Waals surface area contributed by atoms with Gasteiger partial charge in [0.1, 0.15) is 0 Å². The van der Waals surface area contributed by atoms with Crippen molar-refractivity contribution >= 4 is 17.7 Å². The van der Waals surface area contributed by atoms with Crippen molar-refractivity contribution in [3.8, 4) is 0 Å². The highest BCUT2D eigenvalue weighted by Crippen LogP contribution is 2.21. The highest BCUT2D eigenvalue weighted by Gasteiger charge is 2.05. The first-order valence-corrected chi connectivity index (χ1v) is 5.89. The van der Waals surface area contributed by atoms with Crippen molar-refractivity contribution in [2.45, 2.75) is 17.6 Å². The number of hydrogen-bond acceptors (Lipinski definition) is 5. The van der Waals surface area contributed by atoms with Gasteiger partial charge in [-0.3, -0.25) is 0 Å². The second kappa shape index (κ2) is 5.01. The Morgan fingerprint density at radius 2 is 2.12 bits per heavy atom. The lowest BCUT2D eigenvalue weighted by molar-refractivity contribution is 0.0697. The number of benzene rings is 1. The molecular formula is C11H10N2O3S. The molecule has 1 N–H and O–H groups in total. The summed E-state index contributed by atoms with van der Waals surface area (Å²) in [6.07, 6.45) is 0. The van der Waals surface area contributed by atoms with Crippen molar-refractivity contribution in [3.05, 3.63) is 41.5 Å². The first-order chi connectivity index (χ1) is 8.15. The van der Waals surface area contributed by atoms with Gasteiger partial charge in [0.05, 0.1) is 11.3 Å². The van der Waals surface area contributed by atoms with Crippen LogP contribution in [0.1, 0.15) is 22.1 Å². The third-order valence-electron chi connectivity index (χ3n) is 2.04. The highest BCUT2D eigenvalue weighted by atomic mass is 32.2. The van der Waals surface area contributed by atoms with Gasteiger partial charge in [0.2, 0.25) is 5.89 Å². The van der Waals surface area contributed by atoms with Gasteiger partial charge in [0.15, 0.2) is 5.82 Å². The predicted molar refractivity (Wildman–Crippen MR) is 62.0 cm³/mol. The molecule has 0 bridgehead atoms. The molecule has 0 aliphatic rings. The summed E-state index contributed by atoms with van der Waals surface area (Å²) < 4.78 is 4.85. The van der Waals surface area contributed by atoms with Crippen LogP contribution in [-0.4, -0.2) is 21.2 Å². The fourth-order valence-corrected chi connectivity index (χ4v) is 1.98. The van der Waals surface area contributed by atoms with Gasteiger partial charge in [0.25, 0.3) is 0 Å². The summed E-state index contributed by atoms with van der Waals surface area (Å²) in [5.41, 5.74) is 0.282. The van der Waals surface area contributed by atoms with Gasteiger partial charge in [-0.25, -0.2) is 4.79 Å². The zero-order chi connectivity index (χ0) is 12.3. The average Bonchev–Trinajstić information content (AvgIpc) is 2.73. The second-order valence-electron chi connectivity index (χ2n) is 3.35. The summed E-state index contributed by atoms with van der Waals surface area (Å²) in [6, 6.07) is 6.68. The van der Waals surface area contributed by atoms with Gasteiger partial charge in [0, 0.05) is 11.8 Å². The van der Waals surface area contributed by atoms with Gasteiger partial charge in [-0.2, -0.15) is 4.98 Å². The van der Waals surface area contributed by atoms with Crippen LogP contribution in [0.15, 0.2) is 33.7 Å². The minimum absolute atomic E-state index is 0.282. The quantitative estimate of drug-likeness (QED) is 0.839. The van der Waals surface area contributed by atoms with Crippen LogP contribution in [0.2, 0.25) is 0 Å². The molecule has 1 aromatic carbocycles. The van der Waals surface area contributed by atoms with E-state index >= 15 is 0 Å². The molecule has 0 spiro atoms. The molecule has 0 radical (unpaired) electrons. The van der Waals surface area contributed by atoms with E-state index in [0.717, 1.165) is 4.90 Å². The fourth-order valence-electron chi connectivity index (χ4n) is 1.24. The molecule has 0 aliphatic heterocycles. The van der Waals surface area contributed by atoms with Crippen LogP contribution in [0.25, 0.3) is 0 Å². The standard InChI is InChI=1S/C11H10N2O3S/c1-7-12-10(13-16-7)6-17-9-4-2-8(3-5-9)11(14)15/h2-5H,6H2,1H3,(H,14,15). The number of rotatable bonds is 4. The highest BCUT2D eigenvalue weighted by molar-refractivity contribution is 7.98. The molecule has 1 heterocycles. The molecule has 0 unspecified atom stereocenters. The maximum Gasteiger partial charge on any atom is 0.335 e. The Labute approximate surface area is 102 Å². The Bertz CT molecular complexity index is 522. The summed E-state index contributed by atoms with van der Waals surface area (Å²) in [4.78, 5) is 15.7. The number of aryl methyl sites for hydroxylation is 1. The van der Waals surface area contributed by atoms with E-state index in [-0.39, 0.29) is 5.56 Å². The van der Waals surface area contributed by atoms with Crippen molar-refractivity contribution in [2.24, 2.45) is 0 Å². The first-order valence-electron chi connectivity index (χ1n) is 4.90. The van der Waals surface area contributed by atoms with Crippen LogP contribution in [0.4, 0.5) is 0 Å². The van der Waals surface area contributed by atoms with Crippen LogP contribution in [0.3, 0.4) is 0 Å². The number of carbonyl (C=O) groups is 1. The lowest BCUT2D eigenvalue weighted by Gasteiger charge is -1.99. The van der Waals surface area contributed by atoms with Crippen LogP contribution < -0.4 is 0 Å². The smallest absolute Gasteiger partial charge is 0.335 e. The molecule has 0 saturated heterocycles. The van der Waals surface area contributed by atoms with E-state index < -0.39 is 5.97 Å². The zero-order valence-electron chi connectivity index (χ0n) is 9.08. The summed E-state index contributed by atoms with van der Waals surface area (Å²) in [7, 11) is 0. The average molecular weight is 250 g/mol. The van der Waals surface area contributed by atoms with Crippen LogP contribution in [-0.2, 0) is 5.75 Å². The van der Waals surface area contributed by atoms with E-state index in [9.17, 15) is 4.79 Å². The van der Waals surface area contributed by atoms with E-state index in [0.29, 0.717) is 17.5 Å². The van der Waals surface area contributed by atoms with Gasteiger partial charge in [-0.15, -0.1) is 11.8 Å². The molecule has 2 aromatic rings. The number of aromatic nitrogens is 2. The number of hydrogen-bond donors (Lipinski definition) is 1. The van der Waals surface area contributed by atoms with E-state index in [2.05, 4.69) is 10.1 Å². The summed E-state index contributed by atoms with van der Waals surface area (Å²) >= 11 is 1.53. The Hall–Kier alpha value is -1.82. The molecule has 0 fully saturated rings. The van der Waals surface area contributed by atoms with E-state index in [4.69, 9.17) is 9.63 Å². The lowest BCUT2D eigenvalue weighted by Crippen LogP contribution is -1.94. The molecule has 0 amide bonds. The van der Waals surface area contributed by atoms with Gasteiger partial charge < -0.3 is 9.63 Å². The minimum Gasteiger partial charge on any atom is -0.478 e. The number of carboxylic acid groups (broad SMARTS) is 1. The molecule has 0 saturated carbocycles. The topological polar surface area (TPSA) is 76.2 Å². The number of carboxylic acids is 1. The van der Waals surface area contributed by atoms with Gasteiger partial charge in [-0.1, -0.05) is 5.16 Å².